The summed E-state index contributed by atoms with van der Waals surface area (Å²) in [6, 6.07) is 16.5. The molecule has 2 rings (SSSR count). The van der Waals surface area contributed by atoms with Gasteiger partial charge in [0.15, 0.2) is 0 Å². The second-order valence-corrected chi connectivity index (χ2v) is 4.64. The molecule has 20 heavy (non-hydrogen) atoms. The molecule has 2 aromatic rings. The predicted octanol–water partition coefficient (Wildman–Crippen LogP) is 3.53. The highest BCUT2D eigenvalue weighted by Gasteiger charge is 2.13. The van der Waals surface area contributed by atoms with Crippen molar-refractivity contribution in [3.8, 4) is 0 Å². The smallest absolute Gasteiger partial charge is 0.277 e. The van der Waals surface area contributed by atoms with Crippen LogP contribution in [0.1, 0.15) is 11.1 Å². The summed E-state index contributed by atoms with van der Waals surface area (Å²) in [6.07, 6.45) is 1.59. The third-order valence-corrected chi connectivity index (χ3v) is 2.98. The van der Waals surface area contributed by atoms with E-state index in [1.54, 1.807) is 30.3 Å². The van der Waals surface area contributed by atoms with Crippen LogP contribution in [0.4, 0.5) is 5.69 Å². The second kappa shape index (κ2) is 6.02. The lowest BCUT2D eigenvalue weighted by Crippen LogP contribution is -2.07. The third kappa shape index (κ3) is 3.23. The topological polar surface area (TPSA) is 46.4 Å². The lowest BCUT2D eigenvalue weighted by atomic mass is 10.1. The zero-order valence-corrected chi connectivity index (χ0v) is 11.5. The van der Waals surface area contributed by atoms with Crippen molar-refractivity contribution in [1.29, 1.82) is 0 Å². The first kappa shape index (κ1) is 13.8. The van der Waals surface area contributed by atoms with Gasteiger partial charge in [-0.05, 0) is 29.8 Å². The van der Waals surface area contributed by atoms with Gasteiger partial charge in [0, 0.05) is 25.9 Å². The van der Waals surface area contributed by atoms with Crippen LogP contribution in [0.25, 0.3) is 11.8 Å². The summed E-state index contributed by atoms with van der Waals surface area (Å²) in [4.78, 5) is 12.8. The van der Waals surface area contributed by atoms with Gasteiger partial charge >= 0.3 is 0 Å². The molecule has 2 aromatic carbocycles. The number of hydrogen-bond acceptors (Lipinski definition) is 3. The van der Waals surface area contributed by atoms with Crippen molar-refractivity contribution in [3.63, 3.8) is 0 Å². The Hall–Kier alpha value is -2.62. The lowest BCUT2D eigenvalue weighted by Gasteiger charge is -2.11. The first-order valence-electron chi connectivity index (χ1n) is 6.27. The molecular weight excluding hydrogens is 252 g/mol. The Labute approximate surface area is 118 Å². The molecule has 0 radical (unpaired) electrons. The number of nitrogens with zero attached hydrogens (tertiary/aromatic N) is 2. The van der Waals surface area contributed by atoms with Gasteiger partial charge in [0.05, 0.1) is 10.5 Å². The van der Waals surface area contributed by atoms with Crippen LogP contribution in [0.2, 0.25) is 0 Å². The van der Waals surface area contributed by atoms with E-state index in [0.29, 0.717) is 5.56 Å². The van der Waals surface area contributed by atoms with Crippen LogP contribution in [0.15, 0.2) is 54.6 Å². The highest BCUT2D eigenvalue weighted by molar-refractivity contribution is 5.76. The van der Waals surface area contributed by atoms with Crippen molar-refractivity contribution in [2.75, 3.05) is 19.0 Å². The van der Waals surface area contributed by atoms with Crippen LogP contribution in [0.5, 0.6) is 0 Å². The monoisotopic (exact) mass is 268 g/mol. The number of benzene rings is 2. The van der Waals surface area contributed by atoms with Crippen LogP contribution in [0, 0.1) is 10.1 Å². The summed E-state index contributed by atoms with van der Waals surface area (Å²) in [5.74, 6) is 0. The molecule has 4 nitrogen and oxygen atoms in total. The Kier molecular flexibility index (Phi) is 4.15. The van der Waals surface area contributed by atoms with Gasteiger partial charge in [0.2, 0.25) is 0 Å². The molecular formula is C16H16N2O2. The molecule has 0 N–H and O–H groups in total. The van der Waals surface area contributed by atoms with E-state index in [0.717, 1.165) is 11.3 Å². The van der Waals surface area contributed by atoms with Crippen molar-refractivity contribution in [2.24, 2.45) is 0 Å². The van der Waals surface area contributed by atoms with Gasteiger partial charge in [-0.15, -0.1) is 0 Å². The average Bonchev–Trinajstić information content (AvgIpc) is 2.46. The van der Waals surface area contributed by atoms with Crippen LogP contribution in [-0.2, 0) is 0 Å². The van der Waals surface area contributed by atoms with Crippen LogP contribution in [-0.4, -0.2) is 19.0 Å². The highest BCUT2D eigenvalue weighted by Crippen LogP contribution is 2.20. The minimum atomic E-state index is -0.352. The summed E-state index contributed by atoms with van der Waals surface area (Å²) < 4.78 is 0. The van der Waals surface area contributed by atoms with Gasteiger partial charge in [-0.25, -0.2) is 0 Å². The van der Waals surface area contributed by atoms with Gasteiger partial charge in [0.25, 0.3) is 5.70 Å². The van der Waals surface area contributed by atoms with Crippen molar-refractivity contribution in [2.45, 2.75) is 0 Å². The first-order valence-corrected chi connectivity index (χ1v) is 6.27. The van der Waals surface area contributed by atoms with Gasteiger partial charge in [0.1, 0.15) is 0 Å². The molecule has 0 bridgehead atoms. The molecule has 4 heteroatoms. The maximum atomic E-state index is 11.2. The van der Waals surface area contributed by atoms with Gasteiger partial charge in [-0.1, -0.05) is 30.3 Å². The maximum Gasteiger partial charge on any atom is 0.277 e. The molecule has 0 fully saturated rings. The van der Waals surface area contributed by atoms with E-state index in [-0.39, 0.29) is 10.6 Å². The van der Waals surface area contributed by atoms with Crippen LogP contribution in [0.3, 0.4) is 0 Å². The number of hydrogen-bond donors (Lipinski definition) is 0. The zero-order valence-electron chi connectivity index (χ0n) is 11.5. The second-order valence-electron chi connectivity index (χ2n) is 4.64. The lowest BCUT2D eigenvalue weighted by molar-refractivity contribution is -0.374. The Bertz CT molecular complexity index is 617. The van der Waals surface area contributed by atoms with Crippen LogP contribution < -0.4 is 4.90 Å². The van der Waals surface area contributed by atoms with Crippen molar-refractivity contribution >= 4 is 17.5 Å². The highest BCUT2D eigenvalue weighted by atomic mass is 16.6. The normalized spacial score (nSPS) is 11.2. The maximum absolute atomic E-state index is 11.2. The first-order chi connectivity index (χ1) is 9.58. The van der Waals surface area contributed by atoms with E-state index in [1.807, 2.05) is 49.3 Å². The van der Waals surface area contributed by atoms with Crippen molar-refractivity contribution < 1.29 is 4.92 Å². The Morgan fingerprint density at radius 2 is 1.65 bits per heavy atom. The molecule has 0 unspecified atom stereocenters. The SMILES string of the molecule is CN(C)c1ccc(C=C(c2ccccc2)[N+](=O)[O-])cc1. The van der Waals surface area contributed by atoms with E-state index in [1.165, 1.54) is 0 Å². The van der Waals surface area contributed by atoms with E-state index in [2.05, 4.69) is 0 Å². The molecule has 0 heterocycles. The minimum absolute atomic E-state index is 0.100. The quantitative estimate of drug-likeness (QED) is 0.484. The van der Waals surface area contributed by atoms with Gasteiger partial charge in [-0.3, -0.25) is 10.1 Å². The van der Waals surface area contributed by atoms with Crippen LogP contribution >= 0.6 is 0 Å². The third-order valence-electron chi connectivity index (χ3n) is 2.98. The summed E-state index contributed by atoms with van der Waals surface area (Å²) in [5.41, 5.74) is 2.58. The van der Waals surface area contributed by atoms with E-state index < -0.39 is 0 Å². The molecule has 0 atom stereocenters. The fourth-order valence-electron chi connectivity index (χ4n) is 1.88. The molecule has 0 amide bonds. The van der Waals surface area contributed by atoms with Crippen molar-refractivity contribution in [3.05, 3.63) is 75.8 Å². The average molecular weight is 268 g/mol. The fraction of sp³-hybridized carbons (Fsp3) is 0.125. The molecule has 0 spiro atoms. The van der Waals surface area contributed by atoms with Gasteiger partial charge < -0.3 is 4.90 Å². The standard InChI is InChI=1S/C16H16N2O2/c1-17(2)15-10-8-13(9-11-15)12-16(18(19)20)14-6-4-3-5-7-14/h3-12H,1-2H3. The molecule has 0 saturated carbocycles. The van der Waals surface area contributed by atoms with E-state index in [9.17, 15) is 10.1 Å². The summed E-state index contributed by atoms with van der Waals surface area (Å²) >= 11 is 0. The Morgan fingerprint density at radius 1 is 1.05 bits per heavy atom. The zero-order chi connectivity index (χ0) is 14.5. The molecule has 0 aromatic heterocycles. The number of rotatable bonds is 4. The predicted molar refractivity (Wildman–Crippen MR) is 82.1 cm³/mol. The number of nitro groups is 1. The molecule has 102 valence electrons. The molecule has 0 aliphatic rings. The molecule has 0 saturated heterocycles. The largest absolute Gasteiger partial charge is 0.378 e. The van der Waals surface area contributed by atoms with Crippen molar-refractivity contribution in [1.82, 2.24) is 0 Å². The molecule has 0 aliphatic carbocycles. The summed E-state index contributed by atoms with van der Waals surface area (Å²) in [6.45, 7) is 0. The summed E-state index contributed by atoms with van der Waals surface area (Å²) in [7, 11) is 3.91. The fourth-order valence-corrected chi connectivity index (χ4v) is 1.88. The van der Waals surface area contributed by atoms with E-state index in [4.69, 9.17) is 0 Å². The van der Waals surface area contributed by atoms with E-state index >= 15 is 0 Å². The summed E-state index contributed by atoms with van der Waals surface area (Å²) in [5, 5.41) is 11.2. The molecule has 0 aliphatic heterocycles. The number of anilines is 1. The Morgan fingerprint density at radius 3 is 2.15 bits per heavy atom. The minimum Gasteiger partial charge on any atom is -0.378 e. The Balaban J connectivity index is 2.37. The van der Waals surface area contributed by atoms with Gasteiger partial charge in [-0.2, -0.15) is 0 Å².